The van der Waals surface area contributed by atoms with E-state index >= 15 is 0 Å². The average Bonchev–Trinajstić information content (AvgIpc) is 2.82. The molecular formula is C15H29NO. The number of nitrogens with zero attached hydrogens (tertiary/aromatic N) is 1. The lowest BCUT2D eigenvalue weighted by Gasteiger charge is -2.27. The summed E-state index contributed by atoms with van der Waals surface area (Å²) in [5, 5.41) is 9.83. The molecular weight excluding hydrogens is 210 g/mol. The van der Waals surface area contributed by atoms with Gasteiger partial charge in [-0.1, -0.05) is 27.2 Å². The van der Waals surface area contributed by atoms with Crippen molar-refractivity contribution >= 4 is 0 Å². The minimum atomic E-state index is -0.00369. The monoisotopic (exact) mass is 239 g/mol. The molecule has 0 radical (unpaired) electrons. The van der Waals surface area contributed by atoms with E-state index in [9.17, 15) is 5.11 Å². The van der Waals surface area contributed by atoms with E-state index in [-0.39, 0.29) is 6.10 Å². The Bertz CT molecular complexity index is 246. The second kappa shape index (κ2) is 5.27. The van der Waals surface area contributed by atoms with E-state index in [1.807, 2.05) is 0 Å². The highest BCUT2D eigenvalue weighted by Crippen LogP contribution is 2.34. The normalized spacial score (nSPS) is 35.6. The van der Waals surface area contributed by atoms with Gasteiger partial charge in [0.25, 0.3) is 0 Å². The highest BCUT2D eigenvalue weighted by molar-refractivity contribution is 4.85. The van der Waals surface area contributed by atoms with Crippen LogP contribution in [0.3, 0.4) is 0 Å². The molecule has 2 heteroatoms. The van der Waals surface area contributed by atoms with Gasteiger partial charge in [0.05, 0.1) is 6.10 Å². The Kier molecular flexibility index (Phi) is 4.14. The van der Waals surface area contributed by atoms with Crippen molar-refractivity contribution in [2.24, 2.45) is 17.3 Å². The highest BCUT2D eigenvalue weighted by atomic mass is 16.3. The first-order valence-corrected chi connectivity index (χ1v) is 7.37. The summed E-state index contributed by atoms with van der Waals surface area (Å²) in [7, 11) is 0. The summed E-state index contributed by atoms with van der Waals surface area (Å²) in [6, 6.07) is 0. The lowest BCUT2D eigenvalue weighted by molar-refractivity contribution is 0.119. The zero-order valence-corrected chi connectivity index (χ0v) is 11.8. The van der Waals surface area contributed by atoms with E-state index in [0.29, 0.717) is 11.3 Å². The molecule has 0 spiro atoms. The van der Waals surface area contributed by atoms with Crippen LogP contribution >= 0.6 is 0 Å². The van der Waals surface area contributed by atoms with Gasteiger partial charge in [-0.15, -0.1) is 0 Å². The third-order valence-corrected chi connectivity index (χ3v) is 4.93. The summed E-state index contributed by atoms with van der Waals surface area (Å²) >= 11 is 0. The van der Waals surface area contributed by atoms with Crippen LogP contribution in [-0.4, -0.2) is 35.7 Å². The van der Waals surface area contributed by atoms with Crippen molar-refractivity contribution < 1.29 is 5.11 Å². The zero-order chi connectivity index (χ0) is 12.5. The summed E-state index contributed by atoms with van der Waals surface area (Å²) in [5.41, 5.74) is 0.460. The zero-order valence-electron chi connectivity index (χ0n) is 11.8. The predicted octanol–water partition coefficient (Wildman–Crippen LogP) is 2.91. The molecule has 2 fully saturated rings. The van der Waals surface area contributed by atoms with Crippen LogP contribution < -0.4 is 0 Å². The molecule has 2 aliphatic rings. The minimum Gasteiger partial charge on any atom is -0.393 e. The van der Waals surface area contributed by atoms with Gasteiger partial charge in [0.2, 0.25) is 0 Å². The topological polar surface area (TPSA) is 23.5 Å². The van der Waals surface area contributed by atoms with Crippen LogP contribution in [0.2, 0.25) is 0 Å². The summed E-state index contributed by atoms with van der Waals surface area (Å²) in [6.45, 7) is 10.8. The van der Waals surface area contributed by atoms with Gasteiger partial charge in [0, 0.05) is 6.54 Å². The fourth-order valence-corrected chi connectivity index (χ4v) is 3.45. The van der Waals surface area contributed by atoms with Crippen LogP contribution in [0.25, 0.3) is 0 Å². The number of hydrogen-bond donors (Lipinski definition) is 1. The average molecular weight is 239 g/mol. The number of aliphatic hydroxyl groups is 1. The molecule has 0 aromatic heterocycles. The summed E-state index contributed by atoms with van der Waals surface area (Å²) in [6.07, 6.45) is 6.08. The first-order valence-electron chi connectivity index (χ1n) is 7.37. The first kappa shape index (κ1) is 13.4. The largest absolute Gasteiger partial charge is 0.393 e. The quantitative estimate of drug-likeness (QED) is 0.818. The Labute approximate surface area is 106 Å². The Morgan fingerprint density at radius 2 is 1.94 bits per heavy atom. The van der Waals surface area contributed by atoms with Gasteiger partial charge in [-0.2, -0.15) is 0 Å². The van der Waals surface area contributed by atoms with E-state index < -0.39 is 0 Å². The van der Waals surface area contributed by atoms with Gasteiger partial charge in [-0.25, -0.2) is 0 Å². The number of likely N-dealkylation sites (tertiary alicyclic amines) is 1. The first-order chi connectivity index (χ1) is 7.97. The van der Waals surface area contributed by atoms with Crippen molar-refractivity contribution in [3.05, 3.63) is 0 Å². The third kappa shape index (κ3) is 3.45. The smallest absolute Gasteiger partial charge is 0.0568 e. The van der Waals surface area contributed by atoms with E-state index in [4.69, 9.17) is 0 Å². The Morgan fingerprint density at radius 1 is 1.18 bits per heavy atom. The lowest BCUT2D eigenvalue weighted by atomic mass is 9.80. The summed E-state index contributed by atoms with van der Waals surface area (Å²) in [5.74, 6) is 1.44. The number of hydrogen-bond acceptors (Lipinski definition) is 2. The lowest BCUT2D eigenvalue weighted by Crippen LogP contribution is -2.28. The van der Waals surface area contributed by atoms with Crippen molar-refractivity contribution in [1.29, 1.82) is 0 Å². The molecule has 0 aromatic carbocycles. The fourth-order valence-electron chi connectivity index (χ4n) is 3.45. The molecule has 1 aliphatic carbocycles. The second-order valence-electron chi connectivity index (χ2n) is 7.20. The summed E-state index contributed by atoms with van der Waals surface area (Å²) in [4.78, 5) is 2.61. The van der Waals surface area contributed by atoms with Crippen LogP contribution in [0.1, 0.15) is 52.9 Å². The van der Waals surface area contributed by atoms with Crippen molar-refractivity contribution in [3.8, 4) is 0 Å². The Hall–Kier alpha value is -0.0800. The molecule has 1 aliphatic heterocycles. The van der Waals surface area contributed by atoms with Crippen LogP contribution in [0.5, 0.6) is 0 Å². The molecule has 2 rings (SSSR count). The Balaban J connectivity index is 1.71. The van der Waals surface area contributed by atoms with E-state index in [1.54, 1.807) is 0 Å². The molecule has 1 saturated heterocycles. The molecule has 3 unspecified atom stereocenters. The molecule has 17 heavy (non-hydrogen) atoms. The van der Waals surface area contributed by atoms with Gasteiger partial charge in [0.1, 0.15) is 0 Å². The van der Waals surface area contributed by atoms with Crippen molar-refractivity contribution in [2.75, 3.05) is 19.6 Å². The standard InChI is InChI=1S/C15H29NO/c1-15(2,3)13-8-10-16(11-13)9-7-12-5-4-6-14(12)17/h12-14,17H,4-11H2,1-3H3. The van der Waals surface area contributed by atoms with E-state index in [1.165, 1.54) is 45.3 Å². The number of rotatable bonds is 3. The predicted molar refractivity (Wildman–Crippen MR) is 72.0 cm³/mol. The maximum atomic E-state index is 9.83. The van der Waals surface area contributed by atoms with E-state index in [2.05, 4.69) is 25.7 Å². The molecule has 0 amide bonds. The molecule has 1 saturated carbocycles. The summed E-state index contributed by atoms with van der Waals surface area (Å²) < 4.78 is 0. The fraction of sp³-hybridized carbons (Fsp3) is 1.00. The molecule has 2 nitrogen and oxygen atoms in total. The van der Waals surface area contributed by atoms with Crippen molar-refractivity contribution in [2.45, 2.75) is 59.0 Å². The van der Waals surface area contributed by atoms with Crippen LogP contribution in [0.15, 0.2) is 0 Å². The molecule has 1 N–H and O–H groups in total. The third-order valence-electron chi connectivity index (χ3n) is 4.93. The van der Waals surface area contributed by atoms with Gasteiger partial charge < -0.3 is 10.0 Å². The highest BCUT2D eigenvalue weighted by Gasteiger charge is 2.32. The maximum absolute atomic E-state index is 9.83. The molecule has 100 valence electrons. The van der Waals surface area contributed by atoms with Gasteiger partial charge in [0.15, 0.2) is 0 Å². The van der Waals surface area contributed by atoms with Crippen LogP contribution in [0, 0.1) is 17.3 Å². The molecule has 3 atom stereocenters. The van der Waals surface area contributed by atoms with Crippen molar-refractivity contribution in [1.82, 2.24) is 4.90 Å². The maximum Gasteiger partial charge on any atom is 0.0568 e. The van der Waals surface area contributed by atoms with Crippen molar-refractivity contribution in [3.63, 3.8) is 0 Å². The minimum absolute atomic E-state index is 0.00369. The van der Waals surface area contributed by atoms with Gasteiger partial charge in [-0.3, -0.25) is 0 Å². The van der Waals surface area contributed by atoms with Crippen LogP contribution in [-0.2, 0) is 0 Å². The van der Waals surface area contributed by atoms with Crippen LogP contribution in [0.4, 0.5) is 0 Å². The van der Waals surface area contributed by atoms with Gasteiger partial charge in [-0.05, 0) is 56.0 Å². The second-order valence-corrected chi connectivity index (χ2v) is 7.20. The SMILES string of the molecule is CC(C)(C)C1CCN(CCC2CCCC2O)C1. The van der Waals surface area contributed by atoms with E-state index in [0.717, 1.165) is 12.3 Å². The Morgan fingerprint density at radius 3 is 2.47 bits per heavy atom. The van der Waals surface area contributed by atoms with Gasteiger partial charge >= 0.3 is 0 Å². The molecule has 1 heterocycles. The molecule has 0 aromatic rings. The number of aliphatic hydroxyl groups excluding tert-OH is 1. The molecule has 0 bridgehead atoms.